The fourth-order valence-corrected chi connectivity index (χ4v) is 5.30. The lowest BCUT2D eigenvalue weighted by molar-refractivity contribution is -0.114. The molecule has 3 heterocycles. The van der Waals surface area contributed by atoms with Gasteiger partial charge in [0.1, 0.15) is 5.82 Å². The number of hydrogen-bond acceptors (Lipinski definition) is 7. The van der Waals surface area contributed by atoms with Crippen LogP contribution in [0.3, 0.4) is 0 Å². The number of thiazole rings is 1. The third-order valence-corrected chi connectivity index (χ3v) is 6.70. The molecule has 0 fully saturated rings. The Kier molecular flexibility index (Phi) is 5.89. The van der Waals surface area contributed by atoms with Gasteiger partial charge in [-0.1, -0.05) is 23.5 Å². The highest BCUT2D eigenvalue weighted by Gasteiger charge is 2.30. The van der Waals surface area contributed by atoms with Crippen molar-refractivity contribution in [2.75, 3.05) is 10.6 Å². The van der Waals surface area contributed by atoms with Crippen molar-refractivity contribution < 1.29 is 4.79 Å². The summed E-state index contributed by atoms with van der Waals surface area (Å²) in [7, 11) is 0. The van der Waals surface area contributed by atoms with Crippen molar-refractivity contribution in [1.29, 1.82) is 0 Å². The van der Waals surface area contributed by atoms with Crippen molar-refractivity contribution in [3.63, 3.8) is 0 Å². The molecule has 8 nitrogen and oxygen atoms in total. The summed E-state index contributed by atoms with van der Waals surface area (Å²) in [5, 5.41) is 11.8. The number of nitrogens with one attached hydrogen (secondary N) is 2. The number of rotatable bonds is 6. The monoisotopic (exact) mass is 473 g/mol. The number of carbonyl (C=O) groups is 1. The lowest BCUT2D eigenvalue weighted by Crippen LogP contribution is -2.10. The van der Waals surface area contributed by atoms with Gasteiger partial charge < -0.3 is 16.4 Å². The zero-order valence-electron chi connectivity index (χ0n) is 19.4. The topological polar surface area (TPSA) is 111 Å². The van der Waals surface area contributed by atoms with Gasteiger partial charge in [0.15, 0.2) is 5.13 Å². The number of aromatic nitrogens is 4. The number of pyridine rings is 1. The highest BCUT2D eigenvalue weighted by Crippen LogP contribution is 2.44. The zero-order chi connectivity index (χ0) is 23.8. The largest absolute Gasteiger partial charge is 0.368 e. The Labute approximate surface area is 202 Å². The number of aryl methyl sites for hydroxylation is 1. The first kappa shape index (κ1) is 22.2. The summed E-state index contributed by atoms with van der Waals surface area (Å²) in [6.07, 6.45) is 3.48. The number of nitrogens with zero attached hydrogens (tertiary/aromatic N) is 4. The lowest BCUT2D eigenvalue weighted by atomic mass is 9.95. The minimum Gasteiger partial charge on any atom is -0.368 e. The number of amides is 1. The van der Waals surface area contributed by atoms with Crippen molar-refractivity contribution in [2.24, 2.45) is 5.73 Å². The Balaban J connectivity index is 1.65. The lowest BCUT2D eigenvalue weighted by Gasteiger charge is -2.14. The van der Waals surface area contributed by atoms with Gasteiger partial charge in [-0.2, -0.15) is 5.10 Å². The molecule has 1 aliphatic carbocycles. The van der Waals surface area contributed by atoms with E-state index in [-0.39, 0.29) is 5.91 Å². The van der Waals surface area contributed by atoms with Gasteiger partial charge in [0.2, 0.25) is 5.91 Å². The summed E-state index contributed by atoms with van der Waals surface area (Å²) in [6, 6.07) is 12.5. The molecule has 0 spiro atoms. The van der Waals surface area contributed by atoms with E-state index in [0.29, 0.717) is 17.7 Å². The molecule has 4 N–H and O–H groups in total. The third-order valence-electron chi connectivity index (χ3n) is 5.68. The standard InChI is InChI=1S/C25H27N7OS/c1-14(2)28-21-11-6-17(13-27-21)22-19-9-10-20-24(34-25(30-20)29-15(3)33)23(19)32(31-22)18-7-4-16(12-26)5-8-18/h4-8,11,13-14H,9-10,12,26H2,1-3H3,(H,27,28)(H,29,30,33). The van der Waals surface area contributed by atoms with Gasteiger partial charge in [-0.3, -0.25) is 4.79 Å². The maximum atomic E-state index is 11.6. The number of anilines is 2. The van der Waals surface area contributed by atoms with Gasteiger partial charge in [-0.15, -0.1) is 0 Å². The first-order valence-electron chi connectivity index (χ1n) is 11.3. The van der Waals surface area contributed by atoms with Crippen LogP contribution in [0.25, 0.3) is 27.5 Å². The maximum absolute atomic E-state index is 11.6. The summed E-state index contributed by atoms with van der Waals surface area (Å²) in [5.74, 6) is 0.716. The van der Waals surface area contributed by atoms with Crippen LogP contribution in [0.1, 0.15) is 37.6 Å². The Hall–Kier alpha value is -3.56. The van der Waals surface area contributed by atoms with Crippen LogP contribution in [0.5, 0.6) is 0 Å². The molecule has 0 unspecified atom stereocenters. The second-order valence-corrected chi connectivity index (χ2v) is 9.66. The minimum atomic E-state index is -0.126. The van der Waals surface area contributed by atoms with Crippen LogP contribution in [0.2, 0.25) is 0 Å². The summed E-state index contributed by atoms with van der Waals surface area (Å²) < 4.78 is 1.99. The van der Waals surface area contributed by atoms with Crippen LogP contribution in [0.4, 0.5) is 10.9 Å². The minimum absolute atomic E-state index is 0.126. The van der Waals surface area contributed by atoms with Crippen molar-refractivity contribution >= 4 is 28.2 Å². The van der Waals surface area contributed by atoms with Crippen molar-refractivity contribution in [3.8, 4) is 27.5 Å². The molecule has 0 radical (unpaired) electrons. The zero-order valence-corrected chi connectivity index (χ0v) is 20.2. The molecule has 1 amide bonds. The van der Waals surface area contributed by atoms with E-state index in [9.17, 15) is 4.79 Å². The van der Waals surface area contributed by atoms with Gasteiger partial charge >= 0.3 is 0 Å². The maximum Gasteiger partial charge on any atom is 0.223 e. The van der Waals surface area contributed by atoms with Gasteiger partial charge in [0, 0.05) is 36.8 Å². The first-order valence-corrected chi connectivity index (χ1v) is 12.2. The molecule has 0 atom stereocenters. The van der Waals surface area contributed by atoms with E-state index in [1.807, 2.05) is 41.2 Å². The van der Waals surface area contributed by atoms with Crippen LogP contribution < -0.4 is 16.4 Å². The molecule has 9 heteroatoms. The van der Waals surface area contributed by atoms with Crippen molar-refractivity contribution in [2.45, 2.75) is 46.2 Å². The van der Waals surface area contributed by atoms with E-state index >= 15 is 0 Å². The average Bonchev–Trinajstić information content (AvgIpc) is 3.40. The molecular weight excluding hydrogens is 446 g/mol. The fourth-order valence-electron chi connectivity index (χ4n) is 4.18. The SMILES string of the molecule is CC(=O)Nc1nc2c(s1)-c1c(c(-c3ccc(NC(C)C)nc3)nn1-c1ccc(CN)cc1)CC2. The van der Waals surface area contributed by atoms with Crippen LogP contribution in [0, 0.1) is 0 Å². The number of benzene rings is 1. The number of hydrogen-bond donors (Lipinski definition) is 3. The smallest absolute Gasteiger partial charge is 0.223 e. The summed E-state index contributed by atoms with van der Waals surface area (Å²) in [6.45, 7) is 6.17. The molecule has 0 bridgehead atoms. The Morgan fingerprint density at radius 1 is 1.18 bits per heavy atom. The quantitative estimate of drug-likeness (QED) is 0.383. The molecule has 5 rings (SSSR count). The summed E-state index contributed by atoms with van der Waals surface area (Å²) in [5.41, 5.74) is 12.9. The Morgan fingerprint density at radius 3 is 2.62 bits per heavy atom. The molecule has 0 saturated carbocycles. The second kappa shape index (κ2) is 9.00. The van der Waals surface area contributed by atoms with Crippen LogP contribution >= 0.6 is 11.3 Å². The first-order chi connectivity index (χ1) is 16.4. The predicted octanol–water partition coefficient (Wildman–Crippen LogP) is 4.39. The number of fused-ring (bicyclic) bond motifs is 3. The highest BCUT2D eigenvalue weighted by molar-refractivity contribution is 7.19. The average molecular weight is 474 g/mol. The fraction of sp³-hybridized carbons (Fsp3) is 0.280. The van der Waals surface area contributed by atoms with Crippen LogP contribution in [-0.4, -0.2) is 31.7 Å². The molecule has 0 aliphatic heterocycles. The van der Waals surface area contributed by atoms with Gasteiger partial charge in [-0.05, 0) is 56.5 Å². The molecule has 34 heavy (non-hydrogen) atoms. The van der Waals surface area contributed by atoms with Crippen molar-refractivity contribution in [1.82, 2.24) is 19.7 Å². The summed E-state index contributed by atoms with van der Waals surface area (Å²) >= 11 is 1.49. The van der Waals surface area contributed by atoms with E-state index in [0.717, 1.165) is 57.4 Å². The molecule has 0 saturated heterocycles. The van der Waals surface area contributed by atoms with E-state index in [1.54, 1.807) is 0 Å². The van der Waals surface area contributed by atoms with Crippen LogP contribution in [0.15, 0.2) is 42.6 Å². The molecule has 174 valence electrons. The number of carbonyl (C=O) groups excluding carboxylic acids is 1. The second-order valence-electron chi connectivity index (χ2n) is 8.67. The molecule has 4 aromatic rings. The van der Waals surface area contributed by atoms with Crippen molar-refractivity contribution in [3.05, 3.63) is 59.4 Å². The molecule has 1 aliphatic rings. The van der Waals surface area contributed by atoms with Gasteiger partial charge in [0.05, 0.1) is 27.6 Å². The van der Waals surface area contributed by atoms with E-state index < -0.39 is 0 Å². The van der Waals surface area contributed by atoms with E-state index in [4.69, 9.17) is 10.8 Å². The predicted molar refractivity (Wildman–Crippen MR) is 136 cm³/mol. The van der Waals surface area contributed by atoms with Gasteiger partial charge in [0.25, 0.3) is 0 Å². The Bertz CT molecular complexity index is 1340. The van der Waals surface area contributed by atoms with E-state index in [1.165, 1.54) is 23.8 Å². The molecule has 3 aromatic heterocycles. The molecular formula is C25H27N7OS. The molecule has 1 aromatic carbocycles. The Morgan fingerprint density at radius 2 is 1.97 bits per heavy atom. The van der Waals surface area contributed by atoms with E-state index in [2.05, 4.69) is 40.5 Å². The normalized spacial score (nSPS) is 12.4. The number of nitrogens with two attached hydrogens (primary N) is 1. The van der Waals surface area contributed by atoms with Gasteiger partial charge in [-0.25, -0.2) is 14.6 Å². The highest BCUT2D eigenvalue weighted by atomic mass is 32.1. The third kappa shape index (κ3) is 4.20. The van der Waals surface area contributed by atoms with Crippen LogP contribution in [-0.2, 0) is 24.2 Å². The summed E-state index contributed by atoms with van der Waals surface area (Å²) in [4.78, 5) is 21.9.